The van der Waals surface area contributed by atoms with Crippen molar-refractivity contribution >= 4 is 21.6 Å². The van der Waals surface area contributed by atoms with Crippen LogP contribution < -0.4 is 0 Å². The van der Waals surface area contributed by atoms with Gasteiger partial charge in [-0.1, -0.05) is 20.8 Å². The fourth-order valence-corrected chi connectivity index (χ4v) is 2.37. The van der Waals surface area contributed by atoms with Gasteiger partial charge in [0, 0.05) is 5.41 Å². The Morgan fingerprint density at radius 1 is 0.944 bits per heavy atom. The molecule has 0 N–H and O–H groups in total. The average molecular weight is 278 g/mol. The van der Waals surface area contributed by atoms with E-state index in [4.69, 9.17) is 4.74 Å². The number of ether oxygens (including phenoxy) is 1. The van der Waals surface area contributed by atoms with E-state index < -0.39 is 44.1 Å². The summed E-state index contributed by atoms with van der Waals surface area (Å²) in [6.45, 7) is 9.86. The molecule has 0 bridgehead atoms. The number of rotatable bonds is 4. The molecule has 0 aromatic rings. The lowest BCUT2D eigenvalue weighted by Gasteiger charge is -2.20. The van der Waals surface area contributed by atoms with Gasteiger partial charge in [0.25, 0.3) is 0 Å². The topological polar surface area (TPSA) is 77.5 Å². The Morgan fingerprint density at radius 3 is 1.72 bits per heavy atom. The highest BCUT2D eigenvalue weighted by Gasteiger charge is 2.29. The van der Waals surface area contributed by atoms with Crippen molar-refractivity contribution in [2.75, 3.05) is 11.5 Å². The van der Waals surface area contributed by atoms with Crippen molar-refractivity contribution in [3.63, 3.8) is 0 Å². The van der Waals surface area contributed by atoms with E-state index in [1.165, 1.54) is 0 Å². The highest BCUT2D eigenvalue weighted by Crippen LogP contribution is 2.16. The molecule has 0 rings (SSSR count). The third-order valence-electron chi connectivity index (χ3n) is 1.95. The second kappa shape index (κ2) is 5.38. The minimum absolute atomic E-state index is 0.411. The zero-order valence-corrected chi connectivity index (χ0v) is 12.7. The standard InChI is InChI=1S/C12H22O5S/c1-11(2,3)9(13)7-18(15,16)8-10(14)17-12(4,5)6/h7-8H2,1-6H3. The molecule has 5 nitrogen and oxygen atoms in total. The van der Waals surface area contributed by atoms with Gasteiger partial charge in [0.05, 0.1) is 0 Å². The lowest BCUT2D eigenvalue weighted by Crippen LogP contribution is -2.33. The molecule has 106 valence electrons. The van der Waals surface area contributed by atoms with Gasteiger partial charge in [-0.15, -0.1) is 0 Å². The van der Waals surface area contributed by atoms with Gasteiger partial charge in [0.1, 0.15) is 17.1 Å². The van der Waals surface area contributed by atoms with Gasteiger partial charge in [-0.3, -0.25) is 9.59 Å². The van der Waals surface area contributed by atoms with Crippen LogP contribution in [0.5, 0.6) is 0 Å². The molecule has 0 unspecified atom stereocenters. The van der Waals surface area contributed by atoms with Crippen molar-refractivity contribution in [1.29, 1.82) is 0 Å². The lowest BCUT2D eigenvalue weighted by molar-refractivity contribution is -0.151. The van der Waals surface area contributed by atoms with Crippen LogP contribution in [0.3, 0.4) is 0 Å². The SMILES string of the molecule is CC(C)(C)OC(=O)CS(=O)(=O)CC(=O)C(C)(C)C. The lowest BCUT2D eigenvalue weighted by atomic mass is 9.92. The number of Topliss-reactive ketones (excluding diaryl/α,β-unsaturated/α-hetero) is 1. The molecule has 0 saturated carbocycles. The van der Waals surface area contributed by atoms with Crippen LogP contribution in [-0.4, -0.2) is 37.3 Å². The van der Waals surface area contributed by atoms with Gasteiger partial charge in [-0.05, 0) is 20.8 Å². The summed E-state index contributed by atoms with van der Waals surface area (Å²) in [4.78, 5) is 23.0. The first-order valence-electron chi connectivity index (χ1n) is 5.68. The maximum atomic E-state index is 11.7. The van der Waals surface area contributed by atoms with Gasteiger partial charge in [-0.2, -0.15) is 0 Å². The van der Waals surface area contributed by atoms with Gasteiger partial charge >= 0.3 is 5.97 Å². The number of ketones is 1. The molecule has 0 aliphatic heterocycles. The van der Waals surface area contributed by atoms with Crippen LogP contribution in [-0.2, 0) is 24.2 Å². The minimum atomic E-state index is -3.76. The number of sulfone groups is 1. The van der Waals surface area contributed by atoms with E-state index in [0.29, 0.717) is 0 Å². The Labute approximate surface area is 109 Å². The summed E-state index contributed by atoms with van der Waals surface area (Å²) in [5.74, 6) is -2.63. The quantitative estimate of drug-likeness (QED) is 0.726. The van der Waals surface area contributed by atoms with Crippen molar-refractivity contribution < 1.29 is 22.7 Å². The molecular weight excluding hydrogens is 256 g/mol. The number of carbonyl (C=O) groups excluding carboxylic acids is 2. The third-order valence-corrected chi connectivity index (χ3v) is 3.32. The summed E-state index contributed by atoms with van der Waals surface area (Å²) in [5, 5.41) is 0. The largest absolute Gasteiger partial charge is 0.459 e. The van der Waals surface area contributed by atoms with Crippen LogP contribution in [0.4, 0.5) is 0 Å². The van der Waals surface area contributed by atoms with Crippen LogP contribution in [0.1, 0.15) is 41.5 Å². The smallest absolute Gasteiger partial charge is 0.321 e. The normalized spacial score (nSPS) is 13.2. The van der Waals surface area contributed by atoms with E-state index in [1.807, 2.05) is 0 Å². The fourth-order valence-electron chi connectivity index (χ4n) is 1.02. The Hall–Kier alpha value is -0.910. The molecule has 0 spiro atoms. The monoisotopic (exact) mass is 278 g/mol. The molecule has 0 fully saturated rings. The minimum Gasteiger partial charge on any atom is -0.459 e. The predicted molar refractivity (Wildman–Crippen MR) is 69.0 cm³/mol. The van der Waals surface area contributed by atoms with Crippen LogP contribution in [0.2, 0.25) is 0 Å². The molecule has 0 saturated heterocycles. The highest BCUT2D eigenvalue weighted by atomic mass is 32.2. The van der Waals surface area contributed by atoms with Crippen molar-refractivity contribution in [3.05, 3.63) is 0 Å². The summed E-state index contributed by atoms with van der Waals surface area (Å²) in [7, 11) is -3.76. The Kier molecular flexibility index (Phi) is 5.11. The molecule has 0 aromatic carbocycles. The van der Waals surface area contributed by atoms with Crippen LogP contribution >= 0.6 is 0 Å². The summed E-state index contributed by atoms with van der Waals surface area (Å²) in [6.07, 6.45) is 0. The molecule has 0 aromatic heterocycles. The molecule has 0 radical (unpaired) electrons. The molecule has 6 heteroatoms. The van der Waals surface area contributed by atoms with Crippen molar-refractivity contribution in [2.24, 2.45) is 5.41 Å². The summed E-state index contributed by atoms with van der Waals surface area (Å²) >= 11 is 0. The van der Waals surface area contributed by atoms with E-state index >= 15 is 0 Å². The maximum Gasteiger partial charge on any atom is 0.321 e. The van der Waals surface area contributed by atoms with Gasteiger partial charge in [0.15, 0.2) is 15.6 Å². The van der Waals surface area contributed by atoms with E-state index in [1.54, 1.807) is 41.5 Å². The van der Waals surface area contributed by atoms with Gasteiger partial charge < -0.3 is 4.74 Å². The number of hydrogen-bond acceptors (Lipinski definition) is 5. The number of esters is 1. The van der Waals surface area contributed by atoms with E-state index in [0.717, 1.165) is 0 Å². The Balaban J connectivity index is 4.61. The first-order chi connectivity index (χ1) is 7.73. The summed E-state index contributed by atoms with van der Waals surface area (Å²) < 4.78 is 28.2. The molecule has 18 heavy (non-hydrogen) atoms. The summed E-state index contributed by atoms with van der Waals surface area (Å²) in [6, 6.07) is 0. The molecule has 0 aliphatic rings. The van der Waals surface area contributed by atoms with Crippen molar-refractivity contribution in [1.82, 2.24) is 0 Å². The highest BCUT2D eigenvalue weighted by molar-refractivity contribution is 7.92. The first kappa shape index (κ1) is 17.1. The molecule has 0 heterocycles. The van der Waals surface area contributed by atoms with Crippen molar-refractivity contribution in [2.45, 2.75) is 47.1 Å². The molecule has 0 aliphatic carbocycles. The van der Waals surface area contributed by atoms with Crippen LogP contribution in [0.25, 0.3) is 0 Å². The maximum absolute atomic E-state index is 11.7. The number of hydrogen-bond donors (Lipinski definition) is 0. The van der Waals surface area contributed by atoms with E-state index in [2.05, 4.69) is 0 Å². The first-order valence-corrected chi connectivity index (χ1v) is 7.51. The third kappa shape index (κ3) is 7.42. The second-order valence-electron chi connectivity index (χ2n) is 6.29. The molecule has 0 atom stereocenters. The zero-order chi connectivity index (χ0) is 14.8. The fraction of sp³-hybridized carbons (Fsp3) is 0.833. The zero-order valence-electron chi connectivity index (χ0n) is 11.9. The molecular formula is C12H22O5S. The number of carbonyl (C=O) groups is 2. The van der Waals surface area contributed by atoms with Crippen LogP contribution in [0.15, 0.2) is 0 Å². The Morgan fingerprint density at radius 2 is 1.39 bits per heavy atom. The van der Waals surface area contributed by atoms with Crippen molar-refractivity contribution in [3.8, 4) is 0 Å². The van der Waals surface area contributed by atoms with Crippen LogP contribution in [0, 0.1) is 5.41 Å². The van der Waals surface area contributed by atoms with Gasteiger partial charge in [-0.25, -0.2) is 8.42 Å². The second-order valence-corrected chi connectivity index (χ2v) is 8.36. The Bertz CT molecular complexity index is 420. The molecule has 0 amide bonds. The van der Waals surface area contributed by atoms with E-state index in [9.17, 15) is 18.0 Å². The van der Waals surface area contributed by atoms with E-state index in [-0.39, 0.29) is 0 Å². The average Bonchev–Trinajstić information content (AvgIpc) is 1.94. The predicted octanol–water partition coefficient (Wildman–Crippen LogP) is 1.36. The van der Waals surface area contributed by atoms with Gasteiger partial charge in [0.2, 0.25) is 0 Å². The summed E-state index contributed by atoms with van der Waals surface area (Å²) in [5.41, 5.74) is -1.47.